The lowest BCUT2D eigenvalue weighted by atomic mass is 9.92. The van der Waals surface area contributed by atoms with Gasteiger partial charge in [-0.3, -0.25) is 0 Å². The van der Waals surface area contributed by atoms with Crippen molar-refractivity contribution in [1.82, 2.24) is 5.32 Å². The van der Waals surface area contributed by atoms with Gasteiger partial charge in [0, 0.05) is 12.3 Å². The van der Waals surface area contributed by atoms with E-state index in [0.717, 1.165) is 40.7 Å². The van der Waals surface area contributed by atoms with Crippen LogP contribution < -0.4 is 5.32 Å². The van der Waals surface area contributed by atoms with Crippen LogP contribution in [-0.4, -0.2) is 29.8 Å². The number of ether oxygens (including phenoxy) is 1. The van der Waals surface area contributed by atoms with Crippen LogP contribution in [0.3, 0.4) is 0 Å². The van der Waals surface area contributed by atoms with Gasteiger partial charge in [-0.2, -0.15) is 0 Å². The van der Waals surface area contributed by atoms with Gasteiger partial charge in [-0.15, -0.1) is 0 Å². The number of carboxylic acids is 1. The van der Waals surface area contributed by atoms with Gasteiger partial charge in [0.15, 0.2) is 0 Å². The van der Waals surface area contributed by atoms with Crippen LogP contribution >= 0.6 is 0 Å². The minimum atomic E-state index is -1.09. The molecular weight excluding hydrogens is 438 g/mol. The lowest BCUT2D eigenvalue weighted by Crippen LogP contribution is -2.42. The second kappa shape index (κ2) is 10.2. The highest BCUT2D eigenvalue weighted by Crippen LogP contribution is 2.44. The Balaban J connectivity index is 1.21. The Kier molecular flexibility index (Phi) is 6.66. The summed E-state index contributed by atoms with van der Waals surface area (Å²) < 4.78 is 5.54. The molecule has 5 rings (SSSR count). The topological polar surface area (TPSA) is 75.6 Å². The highest BCUT2D eigenvalue weighted by atomic mass is 16.5. The van der Waals surface area contributed by atoms with E-state index in [2.05, 4.69) is 23.5 Å². The molecule has 2 N–H and O–H groups in total. The van der Waals surface area contributed by atoms with Gasteiger partial charge in [0.1, 0.15) is 12.6 Å². The number of hydrogen-bond acceptors (Lipinski definition) is 3. The number of benzene rings is 3. The molecule has 1 amide bonds. The highest BCUT2D eigenvalue weighted by molar-refractivity contribution is 5.81. The largest absolute Gasteiger partial charge is 0.480 e. The summed E-state index contributed by atoms with van der Waals surface area (Å²) in [4.78, 5) is 24.4. The molecule has 0 bridgehead atoms. The molecule has 3 aromatic rings. The molecule has 0 unspecified atom stereocenters. The zero-order valence-electron chi connectivity index (χ0n) is 19.6. The number of carbonyl (C=O) groups excluding carboxylic acids is 1. The van der Waals surface area contributed by atoms with Crippen LogP contribution in [0.4, 0.5) is 4.79 Å². The monoisotopic (exact) mass is 467 g/mol. The van der Waals surface area contributed by atoms with E-state index in [1.165, 1.54) is 24.0 Å². The fourth-order valence-electron chi connectivity index (χ4n) is 5.17. The maximum atomic E-state index is 12.6. The van der Waals surface area contributed by atoms with Crippen LogP contribution in [0.25, 0.3) is 16.7 Å². The van der Waals surface area contributed by atoms with E-state index in [4.69, 9.17) is 4.74 Å². The summed E-state index contributed by atoms with van der Waals surface area (Å²) in [6, 6.07) is 23.1. The van der Waals surface area contributed by atoms with Crippen molar-refractivity contribution in [2.75, 3.05) is 6.61 Å². The second-order valence-electron chi connectivity index (χ2n) is 9.24. The molecule has 0 saturated carbocycles. The molecule has 5 nitrogen and oxygen atoms in total. The number of aliphatic carboxylic acids is 1. The number of hydrogen-bond donors (Lipinski definition) is 2. The lowest BCUT2D eigenvalue weighted by Gasteiger charge is -2.18. The Morgan fingerprint density at radius 2 is 1.57 bits per heavy atom. The van der Waals surface area contributed by atoms with E-state index in [0.29, 0.717) is 0 Å². The lowest BCUT2D eigenvalue weighted by molar-refractivity contribution is -0.139. The summed E-state index contributed by atoms with van der Waals surface area (Å²) >= 11 is 0. The molecule has 0 fully saturated rings. The number of carbonyl (C=O) groups is 2. The number of nitrogens with one attached hydrogen (secondary N) is 1. The molecule has 2 aliphatic carbocycles. The van der Waals surface area contributed by atoms with Crippen molar-refractivity contribution in [2.45, 2.75) is 44.1 Å². The molecule has 5 heteroatoms. The van der Waals surface area contributed by atoms with E-state index in [1.54, 1.807) is 0 Å². The van der Waals surface area contributed by atoms with Crippen LogP contribution in [0.5, 0.6) is 0 Å². The van der Waals surface area contributed by atoms with Crippen molar-refractivity contribution in [3.63, 3.8) is 0 Å². The number of allylic oxidation sites excluding steroid dienone is 2. The Labute approximate surface area is 205 Å². The van der Waals surface area contributed by atoms with Gasteiger partial charge >= 0.3 is 12.1 Å². The molecule has 0 radical (unpaired) electrons. The summed E-state index contributed by atoms with van der Waals surface area (Å²) in [5, 5.41) is 12.2. The highest BCUT2D eigenvalue weighted by Gasteiger charge is 2.29. The predicted molar refractivity (Wildman–Crippen MR) is 136 cm³/mol. The van der Waals surface area contributed by atoms with Crippen LogP contribution in [0.2, 0.25) is 0 Å². The van der Waals surface area contributed by atoms with Crippen molar-refractivity contribution in [1.29, 1.82) is 0 Å². The first-order valence-electron chi connectivity index (χ1n) is 12.2. The Morgan fingerprint density at radius 1 is 0.914 bits per heavy atom. The first-order chi connectivity index (χ1) is 17.1. The van der Waals surface area contributed by atoms with Crippen molar-refractivity contribution < 1.29 is 19.4 Å². The molecule has 2 aliphatic rings. The molecular formula is C30H29NO4. The molecule has 3 aromatic carbocycles. The van der Waals surface area contributed by atoms with E-state index in [1.807, 2.05) is 60.7 Å². The van der Waals surface area contributed by atoms with Crippen molar-refractivity contribution in [2.24, 2.45) is 0 Å². The molecule has 0 aromatic heterocycles. The van der Waals surface area contributed by atoms with Crippen molar-refractivity contribution in [3.05, 3.63) is 101 Å². The van der Waals surface area contributed by atoms with Gasteiger partial charge in [-0.05, 0) is 64.6 Å². The summed E-state index contributed by atoms with van der Waals surface area (Å²) in [6.07, 6.45) is 6.41. The SMILES string of the molecule is O=C(N[C@@H](Cc1ccc(C2=CCCCC2)cc1)C(=O)O)OCC1c2ccccc2-c2ccccc21. The van der Waals surface area contributed by atoms with Gasteiger partial charge in [-0.1, -0.05) is 78.9 Å². The first kappa shape index (κ1) is 22.9. The Hall–Kier alpha value is -3.86. The number of fused-ring (bicyclic) bond motifs is 3. The minimum absolute atomic E-state index is 0.0712. The Bertz CT molecular complexity index is 1220. The summed E-state index contributed by atoms with van der Waals surface area (Å²) in [6.45, 7) is 0.149. The third-order valence-electron chi connectivity index (χ3n) is 6.99. The molecule has 0 saturated heterocycles. The average molecular weight is 468 g/mol. The summed E-state index contributed by atoms with van der Waals surface area (Å²) in [5.74, 6) is -1.16. The number of alkyl carbamates (subject to hydrolysis) is 1. The molecule has 1 atom stereocenters. The quantitative estimate of drug-likeness (QED) is 0.435. The summed E-state index contributed by atoms with van der Waals surface area (Å²) in [5.41, 5.74) is 7.92. The minimum Gasteiger partial charge on any atom is -0.480 e. The first-order valence-corrected chi connectivity index (χ1v) is 12.2. The molecule has 0 aliphatic heterocycles. The third kappa shape index (κ3) is 4.99. The van der Waals surface area contributed by atoms with Crippen LogP contribution in [0.15, 0.2) is 78.9 Å². The number of carboxylic acid groups (broad SMARTS) is 1. The van der Waals surface area contributed by atoms with Crippen molar-refractivity contribution in [3.8, 4) is 11.1 Å². The van der Waals surface area contributed by atoms with Crippen LogP contribution in [0.1, 0.15) is 53.9 Å². The standard InChI is InChI=1S/C30H29NO4/c32-29(33)28(18-20-14-16-22(17-15-20)21-8-2-1-3-9-21)31-30(34)35-19-27-25-12-6-4-10-23(25)24-11-5-7-13-26(24)27/h4-8,10-17,27-28H,1-3,9,18-19H2,(H,31,34)(H,32,33)/t28-/m0/s1. The van der Waals surface area contributed by atoms with Gasteiger partial charge in [0.25, 0.3) is 0 Å². The average Bonchev–Trinajstić information content (AvgIpc) is 3.21. The van der Waals surface area contributed by atoms with E-state index >= 15 is 0 Å². The fourth-order valence-corrected chi connectivity index (χ4v) is 5.17. The maximum absolute atomic E-state index is 12.6. The fraction of sp³-hybridized carbons (Fsp3) is 0.267. The smallest absolute Gasteiger partial charge is 0.407 e. The maximum Gasteiger partial charge on any atom is 0.407 e. The van der Waals surface area contributed by atoms with E-state index in [-0.39, 0.29) is 18.9 Å². The van der Waals surface area contributed by atoms with E-state index < -0.39 is 18.1 Å². The zero-order chi connectivity index (χ0) is 24.2. The predicted octanol–water partition coefficient (Wildman–Crippen LogP) is 6.18. The second-order valence-corrected chi connectivity index (χ2v) is 9.24. The normalized spacial score (nSPS) is 15.5. The van der Waals surface area contributed by atoms with Gasteiger partial charge in [-0.25, -0.2) is 9.59 Å². The van der Waals surface area contributed by atoms with Crippen molar-refractivity contribution >= 4 is 17.6 Å². The summed E-state index contributed by atoms with van der Waals surface area (Å²) in [7, 11) is 0. The van der Waals surface area contributed by atoms with Gasteiger partial charge < -0.3 is 15.2 Å². The Morgan fingerprint density at radius 3 is 2.17 bits per heavy atom. The van der Waals surface area contributed by atoms with Crippen LogP contribution in [-0.2, 0) is 16.0 Å². The van der Waals surface area contributed by atoms with Gasteiger partial charge in [0.2, 0.25) is 0 Å². The van der Waals surface area contributed by atoms with Crippen LogP contribution in [0, 0.1) is 0 Å². The molecule has 0 spiro atoms. The molecule has 178 valence electrons. The van der Waals surface area contributed by atoms with Gasteiger partial charge in [0.05, 0.1) is 0 Å². The molecule has 35 heavy (non-hydrogen) atoms. The zero-order valence-corrected chi connectivity index (χ0v) is 19.6. The number of rotatable bonds is 7. The molecule has 0 heterocycles. The van der Waals surface area contributed by atoms with E-state index in [9.17, 15) is 14.7 Å². The third-order valence-corrected chi connectivity index (χ3v) is 6.99. The number of amides is 1.